The van der Waals surface area contributed by atoms with Crippen LogP contribution in [0, 0.1) is 6.92 Å². The summed E-state index contributed by atoms with van der Waals surface area (Å²) < 4.78 is 7.36. The highest BCUT2D eigenvalue weighted by Crippen LogP contribution is 2.21. The molecule has 26 heavy (non-hydrogen) atoms. The van der Waals surface area contributed by atoms with Crippen molar-refractivity contribution in [3.05, 3.63) is 46.2 Å². The summed E-state index contributed by atoms with van der Waals surface area (Å²) in [6.45, 7) is 4.14. The molecular formula is C18H24ClN5O2. The molecular weight excluding hydrogens is 354 g/mol. The molecule has 1 atom stereocenters. The Kier molecular flexibility index (Phi) is 6.24. The minimum atomic E-state index is -0.280. The van der Waals surface area contributed by atoms with Crippen LogP contribution in [0.15, 0.2) is 24.3 Å². The van der Waals surface area contributed by atoms with Gasteiger partial charge in [-0.1, -0.05) is 28.9 Å². The maximum absolute atomic E-state index is 12.6. The number of nitrogens with one attached hydrogen (secondary N) is 2. The third-order valence-electron chi connectivity index (χ3n) is 4.75. The van der Waals surface area contributed by atoms with Gasteiger partial charge in [0.2, 0.25) is 0 Å². The highest BCUT2D eigenvalue weighted by Gasteiger charge is 2.23. The maximum Gasteiger partial charge on any atom is 0.273 e. The van der Waals surface area contributed by atoms with Crippen molar-refractivity contribution in [3.8, 4) is 0 Å². The van der Waals surface area contributed by atoms with Crippen LogP contribution in [-0.2, 0) is 4.74 Å². The van der Waals surface area contributed by atoms with Gasteiger partial charge in [-0.2, -0.15) is 0 Å². The van der Waals surface area contributed by atoms with E-state index in [4.69, 9.17) is 16.3 Å². The first kappa shape index (κ1) is 18.8. The van der Waals surface area contributed by atoms with Gasteiger partial charge >= 0.3 is 0 Å². The Morgan fingerprint density at radius 1 is 1.46 bits per heavy atom. The lowest BCUT2D eigenvalue weighted by atomic mass is 10.1. The number of rotatable bonds is 6. The number of piperidine rings is 1. The van der Waals surface area contributed by atoms with Crippen LogP contribution in [0.4, 0.5) is 0 Å². The number of methoxy groups -OCH3 is 1. The molecule has 1 saturated heterocycles. The van der Waals surface area contributed by atoms with E-state index in [1.807, 2.05) is 29.8 Å². The fourth-order valence-electron chi connectivity index (χ4n) is 3.26. The predicted octanol–water partition coefficient (Wildman–Crippen LogP) is 2.28. The molecule has 3 rings (SSSR count). The first-order valence-electron chi connectivity index (χ1n) is 8.79. The number of hydrogen-bond donors (Lipinski definition) is 2. The molecule has 0 aliphatic carbocycles. The van der Waals surface area contributed by atoms with Crippen molar-refractivity contribution in [1.82, 2.24) is 25.6 Å². The van der Waals surface area contributed by atoms with Crippen LogP contribution in [-0.4, -0.2) is 47.6 Å². The minimum absolute atomic E-state index is 0.244. The van der Waals surface area contributed by atoms with Gasteiger partial charge in [0.1, 0.15) is 0 Å². The van der Waals surface area contributed by atoms with Gasteiger partial charge < -0.3 is 15.4 Å². The first-order chi connectivity index (χ1) is 12.6. The third kappa shape index (κ3) is 4.23. The number of aromatic nitrogens is 3. The van der Waals surface area contributed by atoms with Crippen LogP contribution < -0.4 is 10.6 Å². The number of benzene rings is 1. The van der Waals surface area contributed by atoms with E-state index in [9.17, 15) is 4.79 Å². The monoisotopic (exact) mass is 377 g/mol. The summed E-state index contributed by atoms with van der Waals surface area (Å²) in [6, 6.07) is 7.72. The van der Waals surface area contributed by atoms with Gasteiger partial charge in [0.25, 0.3) is 5.91 Å². The molecule has 1 fully saturated rings. The molecule has 1 aliphatic heterocycles. The molecule has 2 heterocycles. The summed E-state index contributed by atoms with van der Waals surface area (Å²) in [5.74, 6) is -0.244. The number of halogens is 1. The zero-order valence-electron chi connectivity index (χ0n) is 15.0. The second-order valence-electron chi connectivity index (χ2n) is 6.44. The van der Waals surface area contributed by atoms with Gasteiger partial charge in [-0.3, -0.25) is 4.79 Å². The summed E-state index contributed by atoms with van der Waals surface area (Å²) >= 11 is 6.03. The van der Waals surface area contributed by atoms with Gasteiger partial charge in [0, 0.05) is 18.7 Å². The van der Waals surface area contributed by atoms with E-state index >= 15 is 0 Å². The summed E-state index contributed by atoms with van der Waals surface area (Å²) in [7, 11) is 1.61. The van der Waals surface area contributed by atoms with E-state index in [-0.39, 0.29) is 12.0 Å². The van der Waals surface area contributed by atoms with E-state index in [2.05, 4.69) is 20.9 Å². The predicted molar refractivity (Wildman–Crippen MR) is 99.4 cm³/mol. The smallest absolute Gasteiger partial charge is 0.273 e. The molecule has 2 N–H and O–H groups in total. The lowest BCUT2D eigenvalue weighted by Gasteiger charge is -2.23. The van der Waals surface area contributed by atoms with Crippen molar-refractivity contribution in [1.29, 1.82) is 0 Å². The van der Waals surface area contributed by atoms with Crippen molar-refractivity contribution in [2.75, 3.05) is 26.7 Å². The van der Waals surface area contributed by atoms with Crippen molar-refractivity contribution >= 4 is 17.5 Å². The maximum atomic E-state index is 12.6. The van der Waals surface area contributed by atoms with Crippen LogP contribution >= 0.6 is 11.6 Å². The van der Waals surface area contributed by atoms with Gasteiger partial charge in [0.15, 0.2) is 5.69 Å². The number of carbonyl (C=O) groups excluding carboxylic acids is 1. The average molecular weight is 378 g/mol. The SMILES string of the molecule is COC(CNC(=O)c1nnn(C2CCNCC2)c1C)c1cccc(Cl)c1. The zero-order chi connectivity index (χ0) is 18.5. The molecule has 2 aromatic rings. The summed E-state index contributed by atoms with van der Waals surface area (Å²) in [6.07, 6.45) is 1.70. The number of nitrogens with zero attached hydrogens (tertiary/aromatic N) is 3. The number of carbonyl (C=O) groups is 1. The fourth-order valence-corrected chi connectivity index (χ4v) is 3.46. The molecule has 0 radical (unpaired) electrons. The Morgan fingerprint density at radius 3 is 2.92 bits per heavy atom. The Labute approximate surface area is 158 Å². The Morgan fingerprint density at radius 2 is 2.23 bits per heavy atom. The Bertz CT molecular complexity index is 758. The number of amides is 1. The molecule has 0 saturated carbocycles. The van der Waals surface area contributed by atoms with Crippen molar-refractivity contribution in [2.24, 2.45) is 0 Å². The summed E-state index contributed by atoms with van der Waals surface area (Å²) in [4.78, 5) is 12.6. The van der Waals surface area contributed by atoms with Crippen LogP contribution in [0.3, 0.4) is 0 Å². The fraction of sp³-hybridized carbons (Fsp3) is 0.500. The molecule has 0 spiro atoms. The van der Waals surface area contributed by atoms with Gasteiger partial charge in [-0.05, 0) is 50.6 Å². The average Bonchev–Trinajstić information content (AvgIpc) is 3.04. The third-order valence-corrected chi connectivity index (χ3v) is 4.99. The second kappa shape index (κ2) is 8.62. The molecule has 0 bridgehead atoms. The zero-order valence-corrected chi connectivity index (χ0v) is 15.8. The van der Waals surface area contributed by atoms with E-state index < -0.39 is 0 Å². The highest BCUT2D eigenvalue weighted by molar-refractivity contribution is 6.30. The van der Waals surface area contributed by atoms with Crippen LogP contribution in [0.5, 0.6) is 0 Å². The van der Waals surface area contributed by atoms with E-state index in [0.717, 1.165) is 37.2 Å². The second-order valence-corrected chi connectivity index (χ2v) is 6.88. The molecule has 1 amide bonds. The molecule has 1 aliphatic rings. The Hall–Kier alpha value is -1.96. The van der Waals surface area contributed by atoms with Crippen LogP contribution in [0.25, 0.3) is 0 Å². The lowest BCUT2D eigenvalue weighted by molar-refractivity contribution is 0.0823. The van der Waals surface area contributed by atoms with Crippen molar-refractivity contribution in [2.45, 2.75) is 31.9 Å². The normalized spacial score (nSPS) is 16.4. The summed E-state index contributed by atoms with van der Waals surface area (Å²) in [5.41, 5.74) is 2.07. The van der Waals surface area contributed by atoms with Gasteiger partial charge in [0.05, 0.1) is 17.8 Å². The van der Waals surface area contributed by atoms with Crippen molar-refractivity contribution in [3.63, 3.8) is 0 Å². The van der Waals surface area contributed by atoms with E-state index in [1.165, 1.54) is 0 Å². The summed E-state index contributed by atoms with van der Waals surface area (Å²) in [5, 5.41) is 15.2. The highest BCUT2D eigenvalue weighted by atomic mass is 35.5. The van der Waals surface area contributed by atoms with Crippen LogP contribution in [0.2, 0.25) is 5.02 Å². The first-order valence-corrected chi connectivity index (χ1v) is 9.17. The molecule has 8 heteroatoms. The largest absolute Gasteiger partial charge is 0.375 e. The molecule has 1 aromatic heterocycles. The quantitative estimate of drug-likeness (QED) is 0.807. The van der Waals surface area contributed by atoms with Crippen molar-refractivity contribution < 1.29 is 9.53 Å². The number of hydrogen-bond acceptors (Lipinski definition) is 5. The lowest BCUT2D eigenvalue weighted by Crippen LogP contribution is -2.31. The molecule has 1 unspecified atom stereocenters. The van der Waals surface area contributed by atoms with Gasteiger partial charge in [-0.15, -0.1) is 5.10 Å². The van der Waals surface area contributed by atoms with E-state index in [0.29, 0.717) is 23.3 Å². The molecule has 1 aromatic carbocycles. The standard InChI is InChI=1S/C18H24ClN5O2/c1-12-17(22-23-24(12)15-6-8-20-9-7-15)18(25)21-11-16(26-2)13-4-3-5-14(19)10-13/h3-5,10,15-16,20H,6-9,11H2,1-2H3,(H,21,25). The van der Waals surface area contributed by atoms with Gasteiger partial charge in [-0.25, -0.2) is 4.68 Å². The molecule has 140 valence electrons. The van der Waals surface area contributed by atoms with Crippen LogP contribution in [0.1, 0.15) is 46.7 Å². The number of ether oxygens (including phenoxy) is 1. The minimum Gasteiger partial charge on any atom is -0.375 e. The molecule has 7 nitrogen and oxygen atoms in total. The van der Waals surface area contributed by atoms with E-state index in [1.54, 1.807) is 13.2 Å². The topological polar surface area (TPSA) is 81.1 Å². The Balaban J connectivity index is 1.65.